The van der Waals surface area contributed by atoms with Crippen LogP contribution in [-0.2, 0) is 7.05 Å². The van der Waals surface area contributed by atoms with E-state index in [1.807, 2.05) is 0 Å². The highest BCUT2D eigenvalue weighted by Gasteiger charge is 2.33. The lowest BCUT2D eigenvalue weighted by molar-refractivity contribution is -0.141. The van der Waals surface area contributed by atoms with Crippen LogP contribution >= 0.6 is 0 Å². The van der Waals surface area contributed by atoms with Crippen LogP contribution in [0.15, 0.2) is 12.3 Å². The molecule has 3 N–H and O–H groups in total. The lowest BCUT2D eigenvalue weighted by atomic mass is 10.3. The lowest BCUT2D eigenvalue weighted by Crippen LogP contribution is -2.41. The average molecular weight is 265 g/mol. The molecule has 0 radical (unpaired) electrons. The Kier molecular flexibility index (Phi) is 4.23. The number of hydrogen-bond acceptors (Lipinski definition) is 3. The topological polar surface area (TPSA) is 71.5 Å². The van der Waals surface area contributed by atoms with Crippen LogP contribution < -0.4 is 5.73 Å². The summed E-state index contributed by atoms with van der Waals surface area (Å²) in [5.41, 5.74) is 5.79. The fourth-order valence-electron chi connectivity index (χ4n) is 1.55. The molecule has 1 amide bonds. The third-order valence-corrected chi connectivity index (χ3v) is 2.27. The predicted molar refractivity (Wildman–Crippen MR) is 58.9 cm³/mol. The Labute approximate surface area is 102 Å². The summed E-state index contributed by atoms with van der Waals surface area (Å²) >= 11 is 0. The highest BCUT2D eigenvalue weighted by molar-refractivity contribution is 5.93. The van der Waals surface area contributed by atoms with Crippen molar-refractivity contribution in [1.29, 1.82) is 0 Å². The van der Waals surface area contributed by atoms with E-state index in [2.05, 4.69) is 0 Å². The summed E-state index contributed by atoms with van der Waals surface area (Å²) in [7, 11) is 1.51. The zero-order valence-electron chi connectivity index (χ0n) is 9.74. The Morgan fingerprint density at radius 2 is 2.17 bits per heavy atom. The number of amides is 1. The van der Waals surface area contributed by atoms with E-state index in [0.717, 1.165) is 0 Å². The van der Waals surface area contributed by atoms with Crippen LogP contribution in [-0.4, -0.2) is 46.4 Å². The van der Waals surface area contributed by atoms with Crippen molar-refractivity contribution in [2.75, 3.05) is 25.4 Å². The molecule has 0 saturated carbocycles. The van der Waals surface area contributed by atoms with Gasteiger partial charge in [0.15, 0.2) is 0 Å². The normalized spacial score (nSPS) is 11.6. The molecular formula is C10H14F3N3O2. The number of carbonyl (C=O) groups is 1. The van der Waals surface area contributed by atoms with E-state index >= 15 is 0 Å². The lowest BCUT2D eigenvalue weighted by Gasteiger charge is -2.23. The Morgan fingerprint density at radius 3 is 2.56 bits per heavy atom. The largest absolute Gasteiger partial charge is 0.406 e. The van der Waals surface area contributed by atoms with Crippen LogP contribution in [0, 0.1) is 0 Å². The number of nitrogens with zero attached hydrogens (tertiary/aromatic N) is 2. The minimum absolute atomic E-state index is 0.0465. The predicted octanol–water partition coefficient (Wildman–Crippen LogP) is 0.604. The van der Waals surface area contributed by atoms with Crippen LogP contribution in [0.3, 0.4) is 0 Å². The molecule has 0 fully saturated rings. The Hall–Kier alpha value is -1.70. The van der Waals surface area contributed by atoms with Crippen LogP contribution in [0.25, 0.3) is 0 Å². The van der Waals surface area contributed by atoms with Crippen LogP contribution in [0.1, 0.15) is 10.5 Å². The number of nitrogens with two attached hydrogens (primary N) is 1. The van der Waals surface area contributed by atoms with E-state index in [4.69, 9.17) is 10.8 Å². The second kappa shape index (κ2) is 5.30. The fraction of sp³-hybridized carbons (Fsp3) is 0.500. The molecule has 0 aromatic carbocycles. The van der Waals surface area contributed by atoms with E-state index in [9.17, 15) is 18.0 Å². The van der Waals surface area contributed by atoms with Gasteiger partial charge in [-0.25, -0.2) is 0 Å². The third kappa shape index (κ3) is 3.66. The number of rotatable bonds is 4. The molecule has 1 aromatic rings. The van der Waals surface area contributed by atoms with Crippen molar-refractivity contribution < 1.29 is 23.1 Å². The minimum Gasteiger partial charge on any atom is -0.397 e. The first kappa shape index (κ1) is 14.4. The molecule has 0 atom stereocenters. The summed E-state index contributed by atoms with van der Waals surface area (Å²) in [6.07, 6.45) is -3.08. The zero-order valence-corrected chi connectivity index (χ0v) is 9.74. The van der Waals surface area contributed by atoms with Gasteiger partial charge >= 0.3 is 6.18 Å². The number of aryl methyl sites for hydroxylation is 1. The highest BCUT2D eigenvalue weighted by atomic mass is 19.4. The Balaban J connectivity index is 2.92. The number of aliphatic hydroxyl groups excluding tert-OH is 1. The average Bonchev–Trinajstić information content (AvgIpc) is 2.54. The van der Waals surface area contributed by atoms with Gasteiger partial charge in [0, 0.05) is 19.8 Å². The quantitative estimate of drug-likeness (QED) is 0.837. The maximum atomic E-state index is 12.3. The number of carbonyl (C=O) groups excluding carboxylic acids is 1. The summed E-state index contributed by atoms with van der Waals surface area (Å²) in [6, 6.07) is 1.29. The van der Waals surface area contributed by atoms with Crippen molar-refractivity contribution in [3.63, 3.8) is 0 Å². The smallest absolute Gasteiger partial charge is 0.397 e. The van der Waals surface area contributed by atoms with Crippen molar-refractivity contribution in [2.45, 2.75) is 6.18 Å². The summed E-state index contributed by atoms with van der Waals surface area (Å²) in [6.45, 7) is -2.33. The van der Waals surface area contributed by atoms with E-state index < -0.39 is 25.2 Å². The molecule has 5 nitrogen and oxygen atoms in total. The molecule has 0 spiro atoms. The minimum atomic E-state index is -4.51. The Morgan fingerprint density at radius 1 is 1.56 bits per heavy atom. The summed E-state index contributed by atoms with van der Waals surface area (Å²) in [5, 5.41) is 8.71. The zero-order chi connectivity index (χ0) is 13.9. The first-order valence-electron chi connectivity index (χ1n) is 5.13. The fourth-order valence-corrected chi connectivity index (χ4v) is 1.55. The first-order chi connectivity index (χ1) is 8.24. The van der Waals surface area contributed by atoms with Crippen molar-refractivity contribution in [3.05, 3.63) is 18.0 Å². The van der Waals surface area contributed by atoms with E-state index in [-0.39, 0.29) is 17.9 Å². The standard InChI is InChI=1S/C10H14F3N3O2/c1-15-5-7(14)4-8(15)9(18)16(2-3-17)6-10(11,12)13/h4-5,17H,2-3,6,14H2,1H3. The van der Waals surface area contributed by atoms with Crippen molar-refractivity contribution in [2.24, 2.45) is 7.05 Å². The molecule has 1 heterocycles. The maximum Gasteiger partial charge on any atom is 0.406 e. The van der Waals surface area contributed by atoms with E-state index in [1.54, 1.807) is 0 Å². The van der Waals surface area contributed by atoms with E-state index in [0.29, 0.717) is 4.90 Å². The molecule has 1 aromatic heterocycles. The molecule has 0 bridgehead atoms. The number of aliphatic hydroxyl groups is 1. The highest BCUT2D eigenvalue weighted by Crippen LogP contribution is 2.19. The Bertz CT molecular complexity index is 428. The van der Waals surface area contributed by atoms with Gasteiger partial charge in [0.1, 0.15) is 12.2 Å². The SMILES string of the molecule is Cn1cc(N)cc1C(=O)N(CCO)CC(F)(F)F. The molecule has 0 aliphatic heterocycles. The van der Waals surface area contributed by atoms with E-state index in [1.165, 1.54) is 23.9 Å². The molecule has 18 heavy (non-hydrogen) atoms. The van der Waals surface area contributed by atoms with Gasteiger partial charge in [-0.3, -0.25) is 4.79 Å². The van der Waals surface area contributed by atoms with Crippen LogP contribution in [0.5, 0.6) is 0 Å². The third-order valence-electron chi connectivity index (χ3n) is 2.27. The molecule has 1 rings (SSSR count). The number of halogens is 3. The van der Waals surface area contributed by atoms with Gasteiger partial charge in [-0.1, -0.05) is 0 Å². The van der Waals surface area contributed by atoms with Crippen molar-refractivity contribution in [3.8, 4) is 0 Å². The molecule has 0 saturated heterocycles. The summed E-state index contributed by atoms with van der Waals surface area (Å²) in [5.74, 6) is -0.819. The van der Waals surface area contributed by atoms with Crippen molar-refractivity contribution >= 4 is 11.6 Å². The molecular weight excluding hydrogens is 251 g/mol. The molecule has 0 aliphatic rings. The van der Waals surface area contributed by atoms with Gasteiger partial charge in [-0.05, 0) is 6.07 Å². The second-order valence-corrected chi connectivity index (χ2v) is 3.84. The number of hydrogen-bond donors (Lipinski definition) is 2. The van der Waals surface area contributed by atoms with Gasteiger partial charge in [0.05, 0.1) is 12.3 Å². The maximum absolute atomic E-state index is 12.3. The molecule has 0 aliphatic carbocycles. The van der Waals surface area contributed by atoms with Gasteiger partial charge in [-0.2, -0.15) is 13.2 Å². The van der Waals surface area contributed by atoms with Gasteiger partial charge in [0.2, 0.25) is 0 Å². The number of anilines is 1. The monoisotopic (exact) mass is 265 g/mol. The van der Waals surface area contributed by atoms with Crippen LogP contribution in [0.4, 0.5) is 18.9 Å². The van der Waals surface area contributed by atoms with Gasteiger partial charge in [-0.15, -0.1) is 0 Å². The first-order valence-corrected chi connectivity index (χ1v) is 5.13. The summed E-state index contributed by atoms with van der Waals surface area (Å²) in [4.78, 5) is 12.4. The van der Waals surface area contributed by atoms with Crippen LogP contribution in [0.2, 0.25) is 0 Å². The molecule has 0 unspecified atom stereocenters. The summed E-state index contributed by atoms with van der Waals surface area (Å²) < 4.78 is 38.3. The number of alkyl halides is 3. The number of aromatic nitrogens is 1. The van der Waals surface area contributed by atoms with Gasteiger partial charge in [0.25, 0.3) is 5.91 Å². The number of nitrogen functional groups attached to an aromatic ring is 1. The second-order valence-electron chi connectivity index (χ2n) is 3.84. The van der Waals surface area contributed by atoms with Gasteiger partial charge < -0.3 is 20.3 Å². The van der Waals surface area contributed by atoms with Crippen molar-refractivity contribution in [1.82, 2.24) is 9.47 Å². The molecule has 102 valence electrons. The molecule has 8 heteroatoms.